The third-order valence-corrected chi connectivity index (χ3v) is 6.88. The molecule has 0 saturated carbocycles. The number of aryl methyl sites for hydroxylation is 2. The minimum Gasteiger partial charge on any atom is -0.490 e. The molecular formula is C28H31N5O4. The van der Waals surface area contributed by atoms with Crippen LogP contribution in [-0.4, -0.2) is 56.8 Å². The van der Waals surface area contributed by atoms with E-state index < -0.39 is 0 Å². The molecule has 0 unspecified atom stereocenters. The van der Waals surface area contributed by atoms with E-state index >= 15 is 0 Å². The molecule has 9 heteroatoms. The number of pyridine rings is 1. The molecule has 1 aliphatic rings. The van der Waals surface area contributed by atoms with E-state index in [9.17, 15) is 9.59 Å². The van der Waals surface area contributed by atoms with Gasteiger partial charge in [-0.2, -0.15) is 0 Å². The van der Waals surface area contributed by atoms with Crippen molar-refractivity contribution < 1.29 is 14.2 Å². The number of hydrogen-bond acceptors (Lipinski definition) is 7. The molecule has 3 heterocycles. The summed E-state index contributed by atoms with van der Waals surface area (Å²) in [5, 5.41) is 8.35. The fourth-order valence-corrected chi connectivity index (χ4v) is 4.87. The van der Waals surface area contributed by atoms with Crippen molar-refractivity contribution in [3.63, 3.8) is 0 Å². The van der Waals surface area contributed by atoms with Crippen LogP contribution in [0.15, 0.2) is 64.2 Å². The van der Waals surface area contributed by atoms with Crippen LogP contribution in [0.1, 0.15) is 40.2 Å². The van der Waals surface area contributed by atoms with Gasteiger partial charge in [-0.1, -0.05) is 34.6 Å². The van der Waals surface area contributed by atoms with Crippen molar-refractivity contribution in [3.05, 3.63) is 87.5 Å². The Bertz CT molecular complexity index is 1470. The van der Waals surface area contributed by atoms with E-state index in [1.165, 1.54) is 0 Å². The van der Waals surface area contributed by atoms with E-state index in [0.29, 0.717) is 37.9 Å². The van der Waals surface area contributed by atoms with Crippen LogP contribution in [0, 0.1) is 6.92 Å². The lowest BCUT2D eigenvalue weighted by Gasteiger charge is -2.32. The third-order valence-electron chi connectivity index (χ3n) is 6.88. The molecule has 37 heavy (non-hydrogen) atoms. The highest BCUT2D eigenvalue weighted by atomic mass is 16.6. The maximum Gasteiger partial charge on any atom is 0.259 e. The molecule has 4 aromatic rings. The van der Waals surface area contributed by atoms with Crippen LogP contribution in [0.5, 0.6) is 5.75 Å². The summed E-state index contributed by atoms with van der Waals surface area (Å²) in [6.07, 6.45) is 3.09. The molecule has 1 amide bonds. The van der Waals surface area contributed by atoms with Gasteiger partial charge in [0.15, 0.2) is 0 Å². The van der Waals surface area contributed by atoms with E-state index in [2.05, 4.69) is 27.3 Å². The average Bonchev–Trinajstić information content (AvgIpc) is 3.30. The monoisotopic (exact) mass is 501 g/mol. The highest BCUT2D eigenvalue weighted by Gasteiger charge is 2.27. The molecule has 0 bridgehead atoms. The van der Waals surface area contributed by atoms with Gasteiger partial charge in [0.2, 0.25) is 5.43 Å². The van der Waals surface area contributed by atoms with Crippen molar-refractivity contribution in [3.8, 4) is 5.75 Å². The number of hydrogen-bond donors (Lipinski definition) is 0. The number of aromatic nitrogens is 3. The van der Waals surface area contributed by atoms with E-state index in [-0.39, 0.29) is 23.0 Å². The molecule has 5 rings (SSSR count). The van der Waals surface area contributed by atoms with E-state index in [0.717, 1.165) is 34.8 Å². The second-order valence-corrected chi connectivity index (χ2v) is 9.73. The zero-order valence-electron chi connectivity index (χ0n) is 21.4. The van der Waals surface area contributed by atoms with Crippen LogP contribution < -0.4 is 10.2 Å². The van der Waals surface area contributed by atoms with Gasteiger partial charge in [0, 0.05) is 57.7 Å². The third kappa shape index (κ3) is 5.41. The SMILES string of the molecule is Cc1nonc1CN(C)Cc1cccc(OC2CCN(C(=O)c3cn(C)c4ccccc4c3=O)CC2)c1. The number of carbonyl (C=O) groups is 1. The zero-order valence-corrected chi connectivity index (χ0v) is 21.4. The maximum absolute atomic E-state index is 13.2. The number of para-hydroxylation sites is 1. The summed E-state index contributed by atoms with van der Waals surface area (Å²) in [4.78, 5) is 30.1. The number of fused-ring (bicyclic) bond motifs is 1. The second-order valence-electron chi connectivity index (χ2n) is 9.73. The van der Waals surface area contributed by atoms with E-state index in [1.54, 1.807) is 17.2 Å². The van der Waals surface area contributed by atoms with Crippen molar-refractivity contribution >= 4 is 16.8 Å². The first-order valence-electron chi connectivity index (χ1n) is 12.5. The van der Waals surface area contributed by atoms with Crippen molar-refractivity contribution in [1.29, 1.82) is 0 Å². The number of likely N-dealkylation sites (tertiary alicyclic amines) is 1. The number of ether oxygens (including phenoxy) is 1. The number of nitrogens with zero attached hydrogens (tertiary/aromatic N) is 5. The van der Waals surface area contributed by atoms with Crippen LogP contribution in [0.3, 0.4) is 0 Å². The van der Waals surface area contributed by atoms with Gasteiger partial charge >= 0.3 is 0 Å². The molecule has 0 N–H and O–H groups in total. The van der Waals surface area contributed by atoms with Crippen molar-refractivity contribution in [2.45, 2.75) is 39.0 Å². The van der Waals surface area contributed by atoms with Gasteiger partial charge in [-0.15, -0.1) is 0 Å². The maximum atomic E-state index is 13.2. The Morgan fingerprint density at radius 3 is 2.65 bits per heavy atom. The zero-order chi connectivity index (χ0) is 25.9. The molecule has 9 nitrogen and oxygen atoms in total. The number of rotatable bonds is 7. The molecule has 0 atom stereocenters. The van der Waals surface area contributed by atoms with E-state index in [4.69, 9.17) is 9.37 Å². The minimum absolute atomic E-state index is 0.0142. The lowest BCUT2D eigenvalue weighted by molar-refractivity contribution is 0.0593. The highest BCUT2D eigenvalue weighted by Crippen LogP contribution is 2.22. The van der Waals surface area contributed by atoms with Gasteiger partial charge in [-0.05, 0) is 43.8 Å². The summed E-state index contributed by atoms with van der Waals surface area (Å²) >= 11 is 0. The summed E-state index contributed by atoms with van der Waals surface area (Å²) in [5.74, 6) is 0.603. The van der Waals surface area contributed by atoms with Crippen LogP contribution in [0.2, 0.25) is 0 Å². The molecule has 0 aliphatic carbocycles. The normalized spacial score (nSPS) is 14.4. The first-order valence-corrected chi connectivity index (χ1v) is 12.5. The Balaban J connectivity index is 1.18. The fraction of sp³-hybridized carbons (Fsp3) is 0.357. The summed E-state index contributed by atoms with van der Waals surface area (Å²) in [7, 11) is 3.88. The summed E-state index contributed by atoms with van der Waals surface area (Å²) in [6, 6.07) is 15.5. The smallest absolute Gasteiger partial charge is 0.259 e. The van der Waals surface area contributed by atoms with Crippen molar-refractivity contribution in [1.82, 2.24) is 24.7 Å². The van der Waals surface area contributed by atoms with Gasteiger partial charge in [0.25, 0.3) is 5.91 Å². The standard InChI is InChI=1S/C28H31N5O4/c1-19-25(30-37-29-19)18-31(2)16-20-7-6-8-22(15-20)36-21-11-13-33(14-12-21)28(35)24-17-32(3)26-10-5-4-9-23(26)27(24)34/h4-10,15,17,21H,11-14,16,18H2,1-3H3. The topological polar surface area (TPSA) is 93.7 Å². The van der Waals surface area contributed by atoms with Crippen LogP contribution >= 0.6 is 0 Å². The Labute approximate surface area is 215 Å². The number of carbonyl (C=O) groups excluding carboxylic acids is 1. The molecule has 2 aromatic carbocycles. The predicted molar refractivity (Wildman–Crippen MR) is 139 cm³/mol. The number of amides is 1. The van der Waals surface area contributed by atoms with Gasteiger partial charge in [0.05, 0.1) is 5.52 Å². The molecule has 0 spiro atoms. The molecule has 2 aromatic heterocycles. The first kappa shape index (κ1) is 24.7. The van der Waals surface area contributed by atoms with Gasteiger partial charge < -0.3 is 14.2 Å². The molecule has 1 saturated heterocycles. The quantitative estimate of drug-likeness (QED) is 0.382. The largest absolute Gasteiger partial charge is 0.490 e. The van der Waals surface area contributed by atoms with Crippen molar-refractivity contribution in [2.24, 2.45) is 7.05 Å². The number of benzene rings is 2. The minimum atomic E-state index is -0.215. The van der Waals surface area contributed by atoms with Gasteiger partial charge in [-0.25, -0.2) is 4.63 Å². The summed E-state index contributed by atoms with van der Waals surface area (Å²) in [5.41, 5.74) is 3.58. The fourth-order valence-electron chi connectivity index (χ4n) is 4.87. The predicted octanol–water partition coefficient (Wildman–Crippen LogP) is 3.55. The second kappa shape index (κ2) is 10.6. The van der Waals surface area contributed by atoms with Crippen molar-refractivity contribution in [2.75, 3.05) is 20.1 Å². The lowest BCUT2D eigenvalue weighted by atomic mass is 10.1. The number of piperidine rings is 1. The molecular weight excluding hydrogens is 470 g/mol. The molecule has 1 fully saturated rings. The highest BCUT2D eigenvalue weighted by molar-refractivity contribution is 5.97. The Kier molecular flexibility index (Phi) is 7.05. The molecule has 1 aliphatic heterocycles. The average molecular weight is 502 g/mol. The van der Waals surface area contributed by atoms with E-state index in [1.807, 2.05) is 55.9 Å². The molecule has 0 radical (unpaired) electrons. The van der Waals surface area contributed by atoms with Crippen LogP contribution in [0.25, 0.3) is 10.9 Å². The Morgan fingerprint density at radius 2 is 1.89 bits per heavy atom. The lowest BCUT2D eigenvalue weighted by Crippen LogP contribution is -2.43. The van der Waals surface area contributed by atoms with Gasteiger partial charge in [0.1, 0.15) is 28.8 Å². The Morgan fingerprint density at radius 1 is 1.11 bits per heavy atom. The van der Waals surface area contributed by atoms with Gasteiger partial charge in [-0.3, -0.25) is 14.5 Å². The first-order chi connectivity index (χ1) is 17.9. The van der Waals surface area contributed by atoms with Crippen LogP contribution in [-0.2, 0) is 20.1 Å². The Hall–Kier alpha value is -3.98. The summed E-state index contributed by atoms with van der Waals surface area (Å²) in [6.45, 7) is 4.36. The summed E-state index contributed by atoms with van der Waals surface area (Å²) < 4.78 is 12.9. The molecule has 192 valence electrons. The van der Waals surface area contributed by atoms with Crippen LogP contribution in [0.4, 0.5) is 0 Å².